The van der Waals surface area contributed by atoms with Crippen molar-refractivity contribution in [3.05, 3.63) is 52.5 Å². The fourth-order valence-corrected chi connectivity index (χ4v) is 3.10. The van der Waals surface area contributed by atoms with Gasteiger partial charge in [-0.3, -0.25) is 0 Å². The van der Waals surface area contributed by atoms with Crippen molar-refractivity contribution in [2.45, 2.75) is 9.79 Å². The molecule has 1 nitrogen and oxygen atoms in total. The van der Waals surface area contributed by atoms with Crippen molar-refractivity contribution < 1.29 is 4.74 Å². The Bertz CT molecular complexity index is 634. The van der Waals surface area contributed by atoms with Gasteiger partial charge in [0.25, 0.3) is 0 Å². The van der Waals surface area contributed by atoms with E-state index in [0.29, 0.717) is 0 Å². The largest absolute Gasteiger partial charge is 0.497 e. The third kappa shape index (κ3) is 2.14. The van der Waals surface area contributed by atoms with Crippen molar-refractivity contribution in [3.8, 4) is 5.75 Å². The molecule has 1 heterocycles. The predicted molar refractivity (Wildman–Crippen MR) is 77.5 cm³/mol. The van der Waals surface area contributed by atoms with Crippen LogP contribution in [0.25, 0.3) is 12.2 Å². The van der Waals surface area contributed by atoms with E-state index >= 15 is 0 Å². The molecular formula is C15H11ClOS. The first-order valence-electron chi connectivity index (χ1n) is 5.60. The molecular weight excluding hydrogens is 264 g/mol. The molecule has 3 heteroatoms. The molecule has 0 bridgehead atoms. The zero-order valence-electron chi connectivity index (χ0n) is 9.81. The number of ether oxygens (including phenoxy) is 1. The van der Waals surface area contributed by atoms with Gasteiger partial charge in [-0.25, -0.2) is 0 Å². The van der Waals surface area contributed by atoms with Crippen LogP contribution in [0.15, 0.2) is 46.2 Å². The Labute approximate surface area is 115 Å². The first-order valence-corrected chi connectivity index (χ1v) is 6.79. The number of hydrogen-bond donors (Lipinski definition) is 0. The molecule has 0 amide bonds. The Morgan fingerprint density at radius 1 is 0.944 bits per heavy atom. The maximum Gasteiger partial charge on any atom is 0.119 e. The van der Waals surface area contributed by atoms with Gasteiger partial charge >= 0.3 is 0 Å². The fourth-order valence-electron chi connectivity index (χ4n) is 1.92. The molecule has 3 rings (SSSR count). The number of rotatable bonds is 1. The molecule has 0 fully saturated rings. The summed E-state index contributed by atoms with van der Waals surface area (Å²) in [7, 11) is 1.68. The van der Waals surface area contributed by atoms with E-state index in [9.17, 15) is 0 Å². The number of hydrogen-bond acceptors (Lipinski definition) is 2. The van der Waals surface area contributed by atoms with Crippen LogP contribution in [-0.4, -0.2) is 7.11 Å². The molecule has 18 heavy (non-hydrogen) atoms. The van der Waals surface area contributed by atoms with Crippen molar-refractivity contribution in [3.63, 3.8) is 0 Å². The Morgan fingerprint density at radius 2 is 1.61 bits per heavy atom. The van der Waals surface area contributed by atoms with Gasteiger partial charge < -0.3 is 4.74 Å². The molecule has 2 aromatic carbocycles. The van der Waals surface area contributed by atoms with Crippen molar-refractivity contribution >= 4 is 35.5 Å². The SMILES string of the molecule is COc1ccc2c(c1)C=Cc1cc(Cl)ccc1S2. The van der Waals surface area contributed by atoms with Crippen LogP contribution in [-0.2, 0) is 0 Å². The Morgan fingerprint density at radius 3 is 2.33 bits per heavy atom. The lowest BCUT2D eigenvalue weighted by Crippen LogP contribution is -1.85. The number of fused-ring (bicyclic) bond motifs is 2. The standard InChI is InChI=1S/C15H11ClOS/c1-17-13-5-7-15-11(9-13)3-2-10-8-12(16)4-6-14(10)18-15/h2-9H,1H3. The van der Waals surface area contributed by atoms with Crippen LogP contribution in [0.5, 0.6) is 5.75 Å². The van der Waals surface area contributed by atoms with E-state index in [1.165, 1.54) is 15.4 Å². The van der Waals surface area contributed by atoms with Crippen LogP contribution in [0.4, 0.5) is 0 Å². The summed E-state index contributed by atoms with van der Waals surface area (Å²) in [6.07, 6.45) is 4.20. The van der Waals surface area contributed by atoms with E-state index in [1.807, 2.05) is 24.3 Å². The minimum absolute atomic E-state index is 0.766. The molecule has 0 atom stereocenters. The van der Waals surface area contributed by atoms with Crippen molar-refractivity contribution in [2.75, 3.05) is 7.11 Å². The molecule has 0 aromatic heterocycles. The molecule has 90 valence electrons. The molecule has 1 aliphatic rings. The van der Waals surface area contributed by atoms with Crippen LogP contribution in [0.3, 0.4) is 0 Å². The normalized spacial score (nSPS) is 12.6. The quantitative estimate of drug-likeness (QED) is 0.619. The van der Waals surface area contributed by atoms with Gasteiger partial charge in [-0.05, 0) is 47.5 Å². The molecule has 0 saturated carbocycles. The zero-order chi connectivity index (χ0) is 12.5. The highest BCUT2D eigenvalue weighted by Gasteiger charge is 2.11. The summed E-state index contributed by atoms with van der Waals surface area (Å²) in [5, 5.41) is 0.766. The summed E-state index contributed by atoms with van der Waals surface area (Å²) in [4.78, 5) is 2.45. The van der Waals surface area contributed by atoms with E-state index < -0.39 is 0 Å². The van der Waals surface area contributed by atoms with Gasteiger partial charge in [0.15, 0.2) is 0 Å². The van der Waals surface area contributed by atoms with E-state index in [2.05, 4.69) is 24.3 Å². The lowest BCUT2D eigenvalue weighted by Gasteiger charge is -2.07. The predicted octanol–water partition coefficient (Wildman–Crippen LogP) is 4.98. The first kappa shape index (κ1) is 11.7. The van der Waals surface area contributed by atoms with Crippen LogP contribution in [0.1, 0.15) is 11.1 Å². The van der Waals surface area contributed by atoms with Crippen LogP contribution in [0.2, 0.25) is 5.02 Å². The van der Waals surface area contributed by atoms with Crippen molar-refractivity contribution in [1.29, 1.82) is 0 Å². The average molecular weight is 275 g/mol. The minimum Gasteiger partial charge on any atom is -0.497 e. The fraction of sp³-hybridized carbons (Fsp3) is 0.0667. The highest BCUT2D eigenvalue weighted by Crippen LogP contribution is 2.39. The second kappa shape index (κ2) is 4.71. The first-order chi connectivity index (χ1) is 8.76. The second-order valence-electron chi connectivity index (χ2n) is 4.02. The van der Waals surface area contributed by atoms with E-state index in [-0.39, 0.29) is 0 Å². The smallest absolute Gasteiger partial charge is 0.119 e. The van der Waals surface area contributed by atoms with E-state index in [4.69, 9.17) is 16.3 Å². The highest BCUT2D eigenvalue weighted by molar-refractivity contribution is 7.99. The summed E-state index contributed by atoms with van der Waals surface area (Å²) in [5.41, 5.74) is 2.33. The summed E-state index contributed by atoms with van der Waals surface area (Å²) < 4.78 is 5.25. The third-order valence-corrected chi connectivity index (χ3v) is 4.27. The number of benzene rings is 2. The minimum atomic E-state index is 0.766. The Kier molecular flexibility index (Phi) is 3.06. The van der Waals surface area contributed by atoms with E-state index in [0.717, 1.165) is 16.3 Å². The van der Waals surface area contributed by atoms with Crippen molar-refractivity contribution in [1.82, 2.24) is 0 Å². The molecule has 0 radical (unpaired) electrons. The van der Waals surface area contributed by atoms with Crippen LogP contribution < -0.4 is 4.74 Å². The Hall–Kier alpha value is -1.38. The van der Waals surface area contributed by atoms with Gasteiger partial charge in [-0.2, -0.15) is 0 Å². The molecule has 0 N–H and O–H groups in total. The topological polar surface area (TPSA) is 9.23 Å². The average Bonchev–Trinajstić information content (AvgIpc) is 2.57. The van der Waals surface area contributed by atoms with Crippen LogP contribution >= 0.6 is 23.4 Å². The van der Waals surface area contributed by atoms with Gasteiger partial charge in [0.2, 0.25) is 0 Å². The second-order valence-corrected chi connectivity index (χ2v) is 5.54. The van der Waals surface area contributed by atoms with Gasteiger partial charge in [0.1, 0.15) is 5.75 Å². The van der Waals surface area contributed by atoms with Gasteiger partial charge in [0.05, 0.1) is 7.11 Å². The highest BCUT2D eigenvalue weighted by atomic mass is 35.5. The zero-order valence-corrected chi connectivity index (χ0v) is 11.4. The Balaban J connectivity index is 2.11. The molecule has 0 saturated heterocycles. The summed E-state index contributed by atoms with van der Waals surface area (Å²) in [6.45, 7) is 0. The number of halogens is 1. The maximum absolute atomic E-state index is 6.03. The van der Waals surface area contributed by atoms with Gasteiger partial charge in [-0.15, -0.1) is 0 Å². The summed E-state index contributed by atoms with van der Waals surface area (Å²) in [6, 6.07) is 12.1. The molecule has 2 aromatic rings. The summed E-state index contributed by atoms with van der Waals surface area (Å²) >= 11 is 7.78. The van der Waals surface area contributed by atoms with E-state index in [1.54, 1.807) is 18.9 Å². The lowest BCUT2D eigenvalue weighted by atomic mass is 10.1. The number of methoxy groups -OCH3 is 1. The molecule has 0 aliphatic carbocycles. The lowest BCUT2D eigenvalue weighted by molar-refractivity contribution is 0.414. The van der Waals surface area contributed by atoms with Crippen molar-refractivity contribution in [2.24, 2.45) is 0 Å². The molecule has 0 spiro atoms. The monoisotopic (exact) mass is 274 g/mol. The maximum atomic E-state index is 6.03. The van der Waals surface area contributed by atoms with Gasteiger partial charge in [0, 0.05) is 14.8 Å². The van der Waals surface area contributed by atoms with Crippen LogP contribution in [0, 0.1) is 0 Å². The molecule has 1 aliphatic heterocycles. The third-order valence-electron chi connectivity index (χ3n) is 2.85. The molecule has 0 unspecified atom stereocenters. The van der Waals surface area contributed by atoms with Gasteiger partial charge in [-0.1, -0.05) is 35.5 Å². The summed E-state index contributed by atoms with van der Waals surface area (Å²) in [5.74, 6) is 0.878.